The lowest BCUT2D eigenvalue weighted by atomic mass is 10.1. The molecule has 0 fully saturated rings. The van der Waals surface area contributed by atoms with Gasteiger partial charge in [-0.15, -0.1) is 11.3 Å². The van der Waals surface area contributed by atoms with Crippen LogP contribution in [0, 0.1) is 22.9 Å². The molecular formula is C11H8N2S2. The fraction of sp³-hybridized carbons (Fsp3) is 0.0909. The molecule has 0 aliphatic heterocycles. The third-order valence-electron chi connectivity index (χ3n) is 2.13. The number of aryl methyl sites for hydroxylation is 1. The average Bonchev–Trinajstić information content (AvgIpc) is 2.74. The Morgan fingerprint density at radius 2 is 2.33 bits per heavy atom. The van der Waals surface area contributed by atoms with Crippen LogP contribution in [0.25, 0.3) is 10.6 Å². The lowest BCUT2D eigenvalue weighted by Crippen LogP contribution is -1.90. The molecule has 0 spiro atoms. The summed E-state index contributed by atoms with van der Waals surface area (Å²) < 4.78 is 0.506. The second kappa shape index (κ2) is 3.97. The Hall–Kier alpha value is -1.44. The minimum Gasteiger partial charge on any atom is -0.344 e. The molecule has 0 aromatic carbocycles. The van der Waals surface area contributed by atoms with E-state index in [2.05, 4.69) is 11.1 Å². The topological polar surface area (TPSA) is 39.6 Å². The van der Waals surface area contributed by atoms with E-state index in [-0.39, 0.29) is 0 Å². The first-order valence-electron chi connectivity index (χ1n) is 4.40. The number of hydrogen-bond donors (Lipinski definition) is 1. The predicted molar refractivity (Wildman–Crippen MR) is 64.4 cm³/mol. The predicted octanol–water partition coefficient (Wildman–Crippen LogP) is 3.65. The molecule has 2 heterocycles. The van der Waals surface area contributed by atoms with Crippen molar-refractivity contribution < 1.29 is 0 Å². The lowest BCUT2D eigenvalue weighted by molar-refractivity contribution is 1.24. The van der Waals surface area contributed by atoms with Crippen LogP contribution < -0.4 is 0 Å². The van der Waals surface area contributed by atoms with Crippen LogP contribution in [0.4, 0.5) is 0 Å². The molecule has 2 nitrogen and oxygen atoms in total. The molecule has 0 bridgehead atoms. The average molecular weight is 232 g/mol. The number of thiophene rings is 1. The number of nitrogens with zero attached hydrogens (tertiary/aromatic N) is 1. The third kappa shape index (κ3) is 1.84. The highest BCUT2D eigenvalue weighted by molar-refractivity contribution is 7.71. The Labute approximate surface area is 96.8 Å². The number of hydrogen-bond acceptors (Lipinski definition) is 3. The highest BCUT2D eigenvalue weighted by atomic mass is 32.1. The molecule has 2 aromatic rings. The van der Waals surface area contributed by atoms with Crippen LogP contribution in [0.2, 0.25) is 0 Å². The monoisotopic (exact) mass is 232 g/mol. The maximum absolute atomic E-state index is 8.83. The van der Waals surface area contributed by atoms with Gasteiger partial charge in [-0.05, 0) is 30.0 Å². The zero-order chi connectivity index (χ0) is 10.8. The smallest absolute Gasteiger partial charge is 0.121 e. The minimum absolute atomic E-state index is 0.506. The zero-order valence-electron chi connectivity index (χ0n) is 8.07. The number of pyridine rings is 1. The molecule has 0 saturated carbocycles. The highest BCUT2D eigenvalue weighted by Gasteiger charge is 2.05. The van der Waals surface area contributed by atoms with E-state index in [0.29, 0.717) is 10.2 Å². The van der Waals surface area contributed by atoms with Crippen LogP contribution in [0.5, 0.6) is 0 Å². The first-order chi connectivity index (χ1) is 7.22. The first kappa shape index (κ1) is 10.1. The van der Waals surface area contributed by atoms with Crippen molar-refractivity contribution in [2.45, 2.75) is 6.92 Å². The minimum atomic E-state index is 0.506. The normalized spacial score (nSPS) is 9.87. The molecule has 0 radical (unpaired) electrons. The van der Waals surface area contributed by atoms with E-state index in [9.17, 15) is 0 Å². The van der Waals surface area contributed by atoms with Crippen molar-refractivity contribution in [3.8, 4) is 16.6 Å². The van der Waals surface area contributed by atoms with Crippen LogP contribution >= 0.6 is 23.6 Å². The van der Waals surface area contributed by atoms with Gasteiger partial charge in [-0.3, -0.25) is 0 Å². The number of nitriles is 1. The fourth-order valence-electron chi connectivity index (χ4n) is 1.39. The Kier molecular flexibility index (Phi) is 2.67. The molecule has 2 rings (SSSR count). The Balaban J connectivity index is 2.67. The van der Waals surface area contributed by atoms with Crippen molar-refractivity contribution in [1.82, 2.24) is 4.98 Å². The van der Waals surface area contributed by atoms with E-state index in [0.717, 1.165) is 16.1 Å². The van der Waals surface area contributed by atoms with Gasteiger partial charge in [0.1, 0.15) is 10.7 Å². The van der Waals surface area contributed by atoms with Crippen LogP contribution in [-0.4, -0.2) is 4.98 Å². The van der Waals surface area contributed by atoms with Crippen LogP contribution in [0.15, 0.2) is 23.6 Å². The summed E-state index contributed by atoms with van der Waals surface area (Å²) in [6.45, 7) is 1.97. The number of rotatable bonds is 1. The van der Waals surface area contributed by atoms with Gasteiger partial charge in [0.2, 0.25) is 0 Å². The number of aromatic nitrogens is 1. The van der Waals surface area contributed by atoms with Gasteiger partial charge in [-0.1, -0.05) is 18.3 Å². The third-order valence-corrected chi connectivity index (χ3v) is 3.34. The number of nitrogens with one attached hydrogen (secondary N) is 1. The van der Waals surface area contributed by atoms with E-state index < -0.39 is 0 Å². The molecule has 15 heavy (non-hydrogen) atoms. The molecule has 2 aromatic heterocycles. The number of H-pyrrole nitrogens is 1. The fourth-order valence-corrected chi connectivity index (χ4v) is 2.39. The van der Waals surface area contributed by atoms with Gasteiger partial charge in [0.15, 0.2) is 0 Å². The standard InChI is InChI=1S/C11H8N2S2/c1-7-5-8(6-12)11(14)13-10(7)9-3-2-4-15-9/h2-5H,1H3,(H,13,14). The summed E-state index contributed by atoms with van der Waals surface area (Å²) in [4.78, 5) is 4.24. The first-order valence-corrected chi connectivity index (χ1v) is 5.69. The van der Waals surface area contributed by atoms with Gasteiger partial charge in [0.05, 0.1) is 16.1 Å². The molecule has 0 aliphatic carbocycles. The van der Waals surface area contributed by atoms with E-state index in [1.54, 1.807) is 11.3 Å². The molecule has 0 aliphatic rings. The number of aromatic amines is 1. The van der Waals surface area contributed by atoms with Gasteiger partial charge in [0.25, 0.3) is 0 Å². The van der Waals surface area contributed by atoms with Gasteiger partial charge < -0.3 is 4.98 Å². The maximum atomic E-state index is 8.83. The molecule has 1 N–H and O–H groups in total. The van der Waals surface area contributed by atoms with Crippen molar-refractivity contribution in [2.75, 3.05) is 0 Å². The van der Waals surface area contributed by atoms with Crippen LogP contribution in [-0.2, 0) is 0 Å². The van der Waals surface area contributed by atoms with Crippen molar-refractivity contribution in [1.29, 1.82) is 5.26 Å². The maximum Gasteiger partial charge on any atom is 0.121 e. The molecule has 4 heteroatoms. The Bertz CT molecular complexity index is 574. The van der Waals surface area contributed by atoms with Gasteiger partial charge in [-0.2, -0.15) is 5.26 Å². The van der Waals surface area contributed by atoms with E-state index in [1.165, 1.54) is 0 Å². The molecule has 0 amide bonds. The highest BCUT2D eigenvalue weighted by Crippen LogP contribution is 2.26. The van der Waals surface area contributed by atoms with E-state index in [4.69, 9.17) is 17.5 Å². The molecular weight excluding hydrogens is 224 g/mol. The SMILES string of the molecule is Cc1cc(C#N)c(=S)[nH]c1-c1cccs1. The summed E-state index contributed by atoms with van der Waals surface area (Å²) in [5.41, 5.74) is 2.58. The summed E-state index contributed by atoms with van der Waals surface area (Å²) in [5.74, 6) is 0. The van der Waals surface area contributed by atoms with Crippen molar-refractivity contribution in [2.24, 2.45) is 0 Å². The van der Waals surface area contributed by atoms with Crippen molar-refractivity contribution in [3.63, 3.8) is 0 Å². The lowest BCUT2D eigenvalue weighted by Gasteiger charge is -2.03. The van der Waals surface area contributed by atoms with Crippen LogP contribution in [0.1, 0.15) is 11.1 Å². The zero-order valence-corrected chi connectivity index (χ0v) is 9.71. The second-order valence-electron chi connectivity index (χ2n) is 3.16. The quantitative estimate of drug-likeness (QED) is 0.762. The van der Waals surface area contributed by atoms with Gasteiger partial charge in [-0.25, -0.2) is 0 Å². The van der Waals surface area contributed by atoms with Gasteiger partial charge >= 0.3 is 0 Å². The molecule has 0 saturated heterocycles. The second-order valence-corrected chi connectivity index (χ2v) is 4.52. The largest absolute Gasteiger partial charge is 0.344 e. The molecule has 0 atom stereocenters. The van der Waals surface area contributed by atoms with Crippen LogP contribution in [0.3, 0.4) is 0 Å². The van der Waals surface area contributed by atoms with E-state index >= 15 is 0 Å². The Morgan fingerprint density at radius 1 is 1.53 bits per heavy atom. The molecule has 0 unspecified atom stereocenters. The summed E-state index contributed by atoms with van der Waals surface area (Å²) in [7, 11) is 0. The van der Waals surface area contributed by atoms with Crippen molar-refractivity contribution >= 4 is 23.6 Å². The van der Waals surface area contributed by atoms with Crippen molar-refractivity contribution in [3.05, 3.63) is 39.3 Å². The summed E-state index contributed by atoms with van der Waals surface area (Å²) in [6.07, 6.45) is 0. The summed E-state index contributed by atoms with van der Waals surface area (Å²) >= 11 is 6.75. The summed E-state index contributed by atoms with van der Waals surface area (Å²) in [5, 5.41) is 10.8. The van der Waals surface area contributed by atoms with E-state index in [1.807, 2.05) is 30.5 Å². The Morgan fingerprint density at radius 3 is 2.93 bits per heavy atom. The summed E-state index contributed by atoms with van der Waals surface area (Å²) in [6, 6.07) is 7.93. The van der Waals surface area contributed by atoms with Gasteiger partial charge in [0, 0.05) is 0 Å². The molecule has 74 valence electrons.